The van der Waals surface area contributed by atoms with Crippen molar-refractivity contribution in [2.24, 2.45) is 0 Å². The molecule has 2 aromatic rings. The van der Waals surface area contributed by atoms with Gasteiger partial charge in [0.2, 0.25) is 0 Å². The zero-order chi connectivity index (χ0) is 12.8. The number of rotatable bonds is 5. The van der Waals surface area contributed by atoms with Crippen LogP contribution in [-0.2, 0) is 18.8 Å². The highest BCUT2D eigenvalue weighted by Gasteiger charge is 1.97. The Morgan fingerprint density at radius 1 is 0.833 bits per heavy atom. The Kier molecular flexibility index (Phi) is 4.85. The molecule has 1 nitrogen and oxygen atoms in total. The molecule has 2 aromatic carbocycles. The number of thioether (sulfide) groups is 1. The monoisotopic (exact) mass is 258 g/mol. The maximum absolute atomic E-state index is 8.98. The van der Waals surface area contributed by atoms with Gasteiger partial charge in [0.1, 0.15) is 0 Å². The summed E-state index contributed by atoms with van der Waals surface area (Å²) in [5.74, 6) is 0.989. The highest BCUT2D eigenvalue weighted by atomic mass is 32.2. The van der Waals surface area contributed by atoms with E-state index in [0.717, 1.165) is 17.7 Å². The molecule has 0 radical (unpaired) electrons. The van der Waals surface area contributed by atoms with Gasteiger partial charge in [-0.15, -0.1) is 11.8 Å². The summed E-state index contributed by atoms with van der Waals surface area (Å²) in [6.07, 6.45) is 1.09. The first-order valence-electron chi connectivity index (χ1n) is 6.22. The molecule has 0 aliphatic heterocycles. The van der Waals surface area contributed by atoms with Gasteiger partial charge < -0.3 is 5.11 Å². The molecule has 0 spiro atoms. The fraction of sp³-hybridized carbons (Fsp3) is 0.250. The molecule has 2 heteroatoms. The van der Waals surface area contributed by atoms with Gasteiger partial charge in [-0.1, -0.05) is 43.3 Å². The fourth-order valence-corrected chi connectivity index (χ4v) is 2.58. The van der Waals surface area contributed by atoms with Gasteiger partial charge in [-0.2, -0.15) is 0 Å². The molecule has 0 amide bonds. The van der Waals surface area contributed by atoms with Crippen LogP contribution in [0.5, 0.6) is 0 Å². The average molecular weight is 258 g/mol. The van der Waals surface area contributed by atoms with Crippen LogP contribution in [0.25, 0.3) is 0 Å². The average Bonchev–Trinajstić information content (AvgIpc) is 2.46. The lowest BCUT2D eigenvalue weighted by Crippen LogP contribution is -1.85. The van der Waals surface area contributed by atoms with Crippen LogP contribution in [0.3, 0.4) is 0 Å². The summed E-state index contributed by atoms with van der Waals surface area (Å²) in [6.45, 7) is 2.29. The van der Waals surface area contributed by atoms with Gasteiger partial charge in [0, 0.05) is 10.6 Å². The number of aliphatic hydroxyl groups excluding tert-OH is 1. The molecule has 0 atom stereocenters. The van der Waals surface area contributed by atoms with Crippen molar-refractivity contribution in [2.45, 2.75) is 30.6 Å². The quantitative estimate of drug-likeness (QED) is 0.817. The maximum Gasteiger partial charge on any atom is 0.0681 e. The van der Waals surface area contributed by atoms with Crippen molar-refractivity contribution in [3.63, 3.8) is 0 Å². The predicted octanol–water partition coefficient (Wildman–Crippen LogP) is 4.03. The first-order valence-corrected chi connectivity index (χ1v) is 7.21. The van der Waals surface area contributed by atoms with E-state index in [-0.39, 0.29) is 6.61 Å². The normalized spacial score (nSPS) is 10.6. The number of aliphatic hydroxyl groups is 1. The fourth-order valence-electron chi connectivity index (χ4n) is 1.73. The van der Waals surface area contributed by atoms with Crippen molar-refractivity contribution < 1.29 is 5.11 Å². The van der Waals surface area contributed by atoms with Crippen molar-refractivity contribution in [1.82, 2.24) is 0 Å². The molecule has 1 N–H and O–H groups in total. The lowest BCUT2D eigenvalue weighted by Gasteiger charge is -2.04. The second-order valence-corrected chi connectivity index (χ2v) is 5.31. The third-order valence-corrected chi connectivity index (χ3v) is 4.03. The Balaban J connectivity index is 1.93. The Morgan fingerprint density at radius 2 is 1.39 bits per heavy atom. The molecule has 0 unspecified atom stereocenters. The Morgan fingerprint density at radius 3 is 1.94 bits per heavy atom. The molecular weight excluding hydrogens is 240 g/mol. The summed E-state index contributed by atoms with van der Waals surface area (Å²) in [5, 5.41) is 8.98. The molecule has 18 heavy (non-hydrogen) atoms. The van der Waals surface area contributed by atoms with E-state index in [9.17, 15) is 0 Å². The van der Waals surface area contributed by atoms with Crippen LogP contribution in [0.4, 0.5) is 0 Å². The van der Waals surface area contributed by atoms with E-state index >= 15 is 0 Å². The van der Waals surface area contributed by atoms with Crippen molar-refractivity contribution in [3.8, 4) is 0 Å². The van der Waals surface area contributed by atoms with E-state index in [2.05, 4.69) is 43.3 Å². The Labute approximate surface area is 113 Å². The second-order valence-electron chi connectivity index (χ2n) is 4.26. The van der Waals surface area contributed by atoms with E-state index in [4.69, 9.17) is 5.11 Å². The van der Waals surface area contributed by atoms with Crippen LogP contribution < -0.4 is 0 Å². The summed E-state index contributed by atoms with van der Waals surface area (Å²) in [6, 6.07) is 16.9. The number of aryl methyl sites for hydroxylation is 1. The number of benzene rings is 2. The van der Waals surface area contributed by atoms with E-state index < -0.39 is 0 Å². The van der Waals surface area contributed by atoms with Gasteiger partial charge >= 0.3 is 0 Å². The summed E-state index contributed by atoms with van der Waals surface area (Å²) in [4.78, 5) is 1.24. The van der Waals surface area contributed by atoms with Gasteiger partial charge in [0.05, 0.1) is 6.61 Å². The molecule has 0 heterocycles. The van der Waals surface area contributed by atoms with Crippen LogP contribution in [0.2, 0.25) is 0 Å². The van der Waals surface area contributed by atoms with Crippen LogP contribution >= 0.6 is 11.8 Å². The third-order valence-electron chi connectivity index (χ3n) is 2.94. The van der Waals surface area contributed by atoms with Crippen LogP contribution in [0, 0.1) is 0 Å². The molecule has 0 aliphatic rings. The third kappa shape index (κ3) is 3.62. The number of hydrogen-bond donors (Lipinski definition) is 1. The van der Waals surface area contributed by atoms with Crippen LogP contribution in [0.1, 0.15) is 23.6 Å². The zero-order valence-electron chi connectivity index (χ0n) is 10.6. The summed E-state index contributed by atoms with van der Waals surface area (Å²) >= 11 is 1.82. The van der Waals surface area contributed by atoms with Crippen molar-refractivity contribution in [1.29, 1.82) is 0 Å². The van der Waals surface area contributed by atoms with E-state index in [0.29, 0.717) is 0 Å². The van der Waals surface area contributed by atoms with Crippen molar-refractivity contribution in [2.75, 3.05) is 0 Å². The van der Waals surface area contributed by atoms with Gasteiger partial charge in [0.15, 0.2) is 0 Å². The van der Waals surface area contributed by atoms with Gasteiger partial charge in [-0.3, -0.25) is 0 Å². The van der Waals surface area contributed by atoms with Crippen LogP contribution in [0.15, 0.2) is 53.4 Å². The SMILES string of the molecule is CCc1ccc(CSc2ccc(CO)cc2)cc1. The molecule has 0 bridgehead atoms. The van der Waals surface area contributed by atoms with Gasteiger partial charge in [-0.25, -0.2) is 0 Å². The lowest BCUT2D eigenvalue weighted by atomic mass is 10.1. The standard InChI is InChI=1S/C16H18OS/c1-2-13-3-5-15(6-4-13)12-18-16-9-7-14(11-17)8-10-16/h3-10,17H,2,11-12H2,1H3. The summed E-state index contributed by atoms with van der Waals surface area (Å²) in [5.41, 5.74) is 3.70. The molecule has 2 rings (SSSR count). The van der Waals surface area contributed by atoms with E-state index in [1.165, 1.54) is 16.0 Å². The van der Waals surface area contributed by atoms with Gasteiger partial charge in [0.25, 0.3) is 0 Å². The molecule has 0 aromatic heterocycles. The topological polar surface area (TPSA) is 20.2 Å². The molecule has 0 fully saturated rings. The summed E-state index contributed by atoms with van der Waals surface area (Å²) in [7, 11) is 0. The second kappa shape index (κ2) is 6.62. The highest BCUT2D eigenvalue weighted by Crippen LogP contribution is 2.23. The van der Waals surface area contributed by atoms with Gasteiger partial charge in [-0.05, 0) is 35.2 Å². The minimum absolute atomic E-state index is 0.115. The highest BCUT2D eigenvalue weighted by molar-refractivity contribution is 7.98. The summed E-state index contributed by atoms with van der Waals surface area (Å²) < 4.78 is 0. The first-order chi connectivity index (χ1) is 8.81. The molecule has 94 valence electrons. The van der Waals surface area contributed by atoms with Crippen LogP contribution in [-0.4, -0.2) is 5.11 Å². The zero-order valence-corrected chi connectivity index (χ0v) is 11.4. The minimum atomic E-state index is 0.115. The molecule has 0 saturated carbocycles. The molecule has 0 saturated heterocycles. The predicted molar refractivity (Wildman–Crippen MR) is 77.7 cm³/mol. The van der Waals surface area contributed by atoms with E-state index in [1.54, 1.807) is 0 Å². The number of hydrogen-bond acceptors (Lipinski definition) is 2. The Hall–Kier alpha value is -1.25. The molecular formula is C16H18OS. The van der Waals surface area contributed by atoms with Crippen molar-refractivity contribution in [3.05, 3.63) is 65.2 Å². The lowest BCUT2D eigenvalue weighted by molar-refractivity contribution is 0.282. The molecule has 0 aliphatic carbocycles. The Bertz CT molecular complexity index is 426. The maximum atomic E-state index is 8.98. The first kappa shape index (κ1) is 13.2. The smallest absolute Gasteiger partial charge is 0.0681 e. The minimum Gasteiger partial charge on any atom is -0.392 e. The largest absolute Gasteiger partial charge is 0.392 e. The van der Waals surface area contributed by atoms with E-state index in [1.807, 2.05) is 23.9 Å². The van der Waals surface area contributed by atoms with Crippen molar-refractivity contribution >= 4 is 11.8 Å².